The lowest BCUT2D eigenvalue weighted by molar-refractivity contribution is 0.232. The number of urea groups is 1. The van der Waals surface area contributed by atoms with E-state index in [9.17, 15) is 4.79 Å². The van der Waals surface area contributed by atoms with E-state index in [2.05, 4.69) is 101 Å². The molecule has 2 aliphatic carbocycles. The maximum Gasteiger partial charge on any atom is 0.323 e. The first-order chi connectivity index (χ1) is 22.3. The van der Waals surface area contributed by atoms with E-state index in [1.54, 1.807) is 12.4 Å². The Morgan fingerprint density at radius 3 is 2.30 bits per heavy atom. The molecule has 1 aromatic carbocycles. The van der Waals surface area contributed by atoms with Gasteiger partial charge in [-0.3, -0.25) is 14.6 Å². The largest absolute Gasteiger partial charge is 0.367 e. The minimum atomic E-state index is -0.0908. The quantitative estimate of drug-likeness (QED) is 0.192. The number of aromatic amines is 1. The van der Waals surface area contributed by atoms with Gasteiger partial charge < -0.3 is 10.3 Å². The lowest BCUT2D eigenvalue weighted by Gasteiger charge is -2.37. The fourth-order valence-corrected chi connectivity index (χ4v) is 6.91. The Balaban J connectivity index is 1.16. The van der Waals surface area contributed by atoms with E-state index in [1.165, 1.54) is 40.7 Å². The van der Waals surface area contributed by atoms with E-state index < -0.39 is 0 Å². The fourth-order valence-electron chi connectivity index (χ4n) is 6.91. The zero-order valence-corrected chi connectivity index (χ0v) is 29.4. The summed E-state index contributed by atoms with van der Waals surface area (Å²) < 4.78 is 2.01. The highest BCUT2D eigenvalue weighted by molar-refractivity contribution is 5.91. The molecule has 47 heavy (non-hydrogen) atoms. The van der Waals surface area contributed by atoms with Crippen LogP contribution in [0.2, 0.25) is 0 Å². The standard InChI is InChI=1S/C39H53N7O/c1-26-18-40-20-33(26)32-17-29(12-15-34(32)39(5,6)7)16-27-10-13-31(14-11-27)46(37(47)43-25-38(2,3)4)36-22-41-35(21-42-36)30-19-44-45(24-30)23-28-8-9-28/h12,15,17-22,24,27-28,31,40H,8-11,13-14,16,23,25H2,1-7H3,(H,43,47). The van der Waals surface area contributed by atoms with Crippen molar-refractivity contribution in [3.63, 3.8) is 0 Å². The van der Waals surface area contributed by atoms with Crippen molar-refractivity contribution in [1.29, 1.82) is 0 Å². The number of carbonyl (C=O) groups excluding carboxylic acids is 1. The molecule has 2 aliphatic rings. The summed E-state index contributed by atoms with van der Waals surface area (Å²) in [6, 6.07) is 7.07. The van der Waals surface area contributed by atoms with Crippen molar-refractivity contribution in [3.8, 4) is 22.4 Å². The minimum Gasteiger partial charge on any atom is -0.367 e. The molecule has 0 bridgehead atoms. The third kappa shape index (κ3) is 8.14. The van der Waals surface area contributed by atoms with Gasteiger partial charge in [-0.05, 0) is 96.8 Å². The van der Waals surface area contributed by atoms with E-state index in [1.807, 2.05) is 15.8 Å². The summed E-state index contributed by atoms with van der Waals surface area (Å²) in [6.07, 6.45) is 19.3. The number of anilines is 1. The van der Waals surface area contributed by atoms with Crippen molar-refractivity contribution in [1.82, 2.24) is 30.0 Å². The van der Waals surface area contributed by atoms with E-state index in [0.717, 1.165) is 55.8 Å². The van der Waals surface area contributed by atoms with Crippen molar-refractivity contribution in [2.45, 2.75) is 111 Å². The number of nitrogens with zero attached hydrogens (tertiary/aromatic N) is 5. The molecule has 2 fully saturated rings. The number of aryl methyl sites for hydroxylation is 1. The number of aromatic nitrogens is 5. The molecule has 0 spiro atoms. The summed E-state index contributed by atoms with van der Waals surface area (Å²) in [6.45, 7) is 17.0. The molecule has 0 saturated heterocycles. The first-order valence-electron chi connectivity index (χ1n) is 17.5. The zero-order valence-electron chi connectivity index (χ0n) is 29.4. The van der Waals surface area contributed by atoms with Crippen LogP contribution in [-0.4, -0.2) is 43.4 Å². The van der Waals surface area contributed by atoms with Crippen LogP contribution in [0.4, 0.5) is 10.6 Å². The summed E-state index contributed by atoms with van der Waals surface area (Å²) >= 11 is 0. The van der Waals surface area contributed by atoms with Crippen LogP contribution >= 0.6 is 0 Å². The van der Waals surface area contributed by atoms with E-state index in [4.69, 9.17) is 9.97 Å². The predicted octanol–water partition coefficient (Wildman–Crippen LogP) is 8.71. The lowest BCUT2D eigenvalue weighted by atomic mass is 9.78. The molecule has 2 saturated carbocycles. The highest BCUT2D eigenvalue weighted by Crippen LogP contribution is 2.38. The summed E-state index contributed by atoms with van der Waals surface area (Å²) in [7, 11) is 0. The van der Waals surface area contributed by atoms with Crippen LogP contribution in [0.15, 0.2) is 55.4 Å². The van der Waals surface area contributed by atoms with Crippen molar-refractivity contribution < 1.29 is 4.79 Å². The van der Waals surface area contributed by atoms with Gasteiger partial charge in [0.15, 0.2) is 5.82 Å². The molecule has 3 heterocycles. The SMILES string of the molecule is Cc1c[nH]cc1-c1cc(CC2CCC(N(C(=O)NCC(C)(C)C)c3cnc(-c4cnn(CC5CC5)c4)cn3)CC2)ccc1C(C)(C)C. The molecule has 2 amide bonds. The molecular weight excluding hydrogens is 582 g/mol. The highest BCUT2D eigenvalue weighted by atomic mass is 16.2. The van der Waals surface area contributed by atoms with E-state index in [-0.39, 0.29) is 22.9 Å². The maximum atomic E-state index is 13.8. The first-order valence-corrected chi connectivity index (χ1v) is 17.5. The molecule has 8 heteroatoms. The second-order valence-electron chi connectivity index (χ2n) is 16.3. The van der Waals surface area contributed by atoms with Crippen LogP contribution < -0.4 is 10.2 Å². The lowest BCUT2D eigenvalue weighted by Crippen LogP contribution is -2.50. The highest BCUT2D eigenvalue weighted by Gasteiger charge is 2.32. The Morgan fingerprint density at radius 2 is 1.68 bits per heavy atom. The maximum absolute atomic E-state index is 13.8. The smallest absolute Gasteiger partial charge is 0.323 e. The van der Waals surface area contributed by atoms with Crippen molar-refractivity contribution in [3.05, 3.63) is 72.1 Å². The Labute approximate surface area is 280 Å². The van der Waals surface area contributed by atoms with Gasteiger partial charge in [-0.25, -0.2) is 9.78 Å². The number of amides is 2. The average molecular weight is 636 g/mol. The molecule has 250 valence electrons. The first kappa shape index (κ1) is 33.0. The molecule has 0 aliphatic heterocycles. The number of rotatable bonds is 9. The van der Waals surface area contributed by atoms with Gasteiger partial charge in [-0.1, -0.05) is 59.7 Å². The van der Waals surface area contributed by atoms with Gasteiger partial charge in [0.2, 0.25) is 0 Å². The van der Waals surface area contributed by atoms with Crippen molar-refractivity contribution in [2.75, 3.05) is 11.4 Å². The average Bonchev–Trinajstić information content (AvgIpc) is 3.53. The van der Waals surface area contributed by atoms with Crippen molar-refractivity contribution >= 4 is 11.8 Å². The van der Waals surface area contributed by atoms with Gasteiger partial charge in [-0.15, -0.1) is 0 Å². The zero-order chi connectivity index (χ0) is 33.3. The van der Waals surface area contributed by atoms with Crippen LogP contribution in [0.3, 0.4) is 0 Å². The Hall–Kier alpha value is -3.94. The van der Waals surface area contributed by atoms with Gasteiger partial charge in [-0.2, -0.15) is 5.10 Å². The molecule has 3 aromatic heterocycles. The Kier molecular flexibility index (Phi) is 9.32. The summed E-state index contributed by atoms with van der Waals surface area (Å²) in [4.78, 5) is 28.5. The summed E-state index contributed by atoms with van der Waals surface area (Å²) in [5, 5.41) is 7.71. The summed E-state index contributed by atoms with van der Waals surface area (Å²) in [5.74, 6) is 1.94. The van der Waals surface area contributed by atoms with Gasteiger partial charge >= 0.3 is 6.03 Å². The number of carbonyl (C=O) groups is 1. The fraction of sp³-hybridized carbons (Fsp3) is 0.538. The second kappa shape index (κ2) is 13.3. The predicted molar refractivity (Wildman–Crippen MR) is 190 cm³/mol. The third-order valence-electron chi connectivity index (χ3n) is 9.79. The molecule has 0 radical (unpaired) electrons. The number of nitrogens with one attached hydrogen (secondary N) is 2. The molecule has 0 atom stereocenters. The molecule has 6 rings (SSSR count). The van der Waals surface area contributed by atoms with Gasteiger partial charge in [0.25, 0.3) is 0 Å². The monoisotopic (exact) mass is 635 g/mol. The molecular formula is C39H53N7O. The van der Waals surface area contributed by atoms with Crippen LogP contribution in [0.5, 0.6) is 0 Å². The van der Waals surface area contributed by atoms with Crippen LogP contribution in [0, 0.1) is 24.2 Å². The number of hydrogen-bond donors (Lipinski definition) is 2. The molecule has 2 N–H and O–H groups in total. The normalized spacial score (nSPS) is 18.7. The number of benzene rings is 1. The van der Waals surface area contributed by atoms with Crippen LogP contribution in [0.25, 0.3) is 22.4 Å². The number of H-pyrrole nitrogens is 1. The molecule has 8 nitrogen and oxygen atoms in total. The van der Waals surface area contributed by atoms with Crippen LogP contribution in [-0.2, 0) is 18.4 Å². The molecule has 0 unspecified atom stereocenters. The third-order valence-corrected chi connectivity index (χ3v) is 9.79. The van der Waals surface area contributed by atoms with E-state index in [0.29, 0.717) is 18.3 Å². The van der Waals surface area contributed by atoms with Crippen molar-refractivity contribution in [2.24, 2.45) is 17.3 Å². The second-order valence-corrected chi connectivity index (χ2v) is 16.3. The minimum absolute atomic E-state index is 0.0184. The Bertz CT molecular complexity index is 1660. The molecule has 4 aromatic rings. The topological polar surface area (TPSA) is 91.7 Å². The van der Waals surface area contributed by atoms with Gasteiger partial charge in [0, 0.05) is 48.8 Å². The van der Waals surface area contributed by atoms with Gasteiger partial charge in [0.05, 0.1) is 24.3 Å². The summed E-state index contributed by atoms with van der Waals surface area (Å²) in [5.41, 5.74) is 8.44. The van der Waals surface area contributed by atoms with Crippen LogP contribution in [0.1, 0.15) is 96.8 Å². The van der Waals surface area contributed by atoms with Gasteiger partial charge in [0.1, 0.15) is 0 Å². The van der Waals surface area contributed by atoms with E-state index >= 15 is 0 Å². The number of hydrogen-bond acceptors (Lipinski definition) is 4. The Morgan fingerprint density at radius 1 is 0.936 bits per heavy atom.